The van der Waals surface area contributed by atoms with E-state index in [1.54, 1.807) is 17.1 Å². The third-order valence-electron chi connectivity index (χ3n) is 3.26. The molecule has 3 aromatic rings. The van der Waals surface area contributed by atoms with Gasteiger partial charge in [-0.1, -0.05) is 47.7 Å². The molecule has 0 saturated carbocycles. The summed E-state index contributed by atoms with van der Waals surface area (Å²) in [6.45, 7) is 6.14. The van der Waals surface area contributed by atoms with Crippen LogP contribution in [-0.2, 0) is 0 Å². The van der Waals surface area contributed by atoms with Gasteiger partial charge in [0.05, 0.1) is 0 Å². The molecule has 0 fully saturated rings. The van der Waals surface area contributed by atoms with Gasteiger partial charge in [-0.2, -0.15) is 0 Å². The molecule has 0 aliphatic heterocycles. The van der Waals surface area contributed by atoms with Crippen molar-refractivity contribution in [2.75, 3.05) is 16.4 Å². The van der Waals surface area contributed by atoms with E-state index in [0.717, 1.165) is 21.3 Å². The summed E-state index contributed by atoms with van der Waals surface area (Å²) in [5.74, 6) is 0.636. The first-order valence-corrected chi connectivity index (χ1v) is 10.3. The van der Waals surface area contributed by atoms with Gasteiger partial charge in [-0.3, -0.25) is 10.1 Å². The predicted octanol–water partition coefficient (Wildman–Crippen LogP) is 4.72. The van der Waals surface area contributed by atoms with Crippen LogP contribution >= 0.6 is 34.4 Å². The number of hydrogen-bond donors (Lipinski definition) is 2. The monoisotopic (exact) mass is 391 g/mol. The number of amides is 1. The number of aromatic nitrogens is 3. The number of carbonyl (C=O) groups is 1. The van der Waals surface area contributed by atoms with E-state index in [9.17, 15) is 4.79 Å². The van der Waals surface area contributed by atoms with Crippen LogP contribution in [0, 0.1) is 13.8 Å². The highest BCUT2D eigenvalue weighted by molar-refractivity contribution is 8.01. The zero-order chi connectivity index (χ0) is 17.8. The van der Waals surface area contributed by atoms with E-state index in [0.29, 0.717) is 16.0 Å². The van der Waals surface area contributed by atoms with Crippen molar-refractivity contribution in [1.29, 1.82) is 0 Å². The molecule has 2 heterocycles. The summed E-state index contributed by atoms with van der Waals surface area (Å²) >= 11 is 4.35. The largest absolute Gasteiger partial charge is 0.331 e. The quantitative estimate of drug-likeness (QED) is 0.467. The summed E-state index contributed by atoms with van der Waals surface area (Å²) < 4.78 is 0.841. The number of anilines is 3. The third kappa shape index (κ3) is 4.56. The maximum atomic E-state index is 12.3. The van der Waals surface area contributed by atoms with Crippen molar-refractivity contribution in [3.63, 3.8) is 0 Å². The first kappa shape index (κ1) is 17.8. The van der Waals surface area contributed by atoms with E-state index in [2.05, 4.69) is 38.8 Å². The number of thioether (sulfide) groups is 1. The summed E-state index contributed by atoms with van der Waals surface area (Å²) in [7, 11) is 0. The van der Waals surface area contributed by atoms with Crippen LogP contribution in [0.15, 0.2) is 27.9 Å². The van der Waals surface area contributed by atoms with Crippen LogP contribution in [0.4, 0.5) is 16.0 Å². The molecule has 0 saturated heterocycles. The Labute approximate surface area is 158 Å². The van der Waals surface area contributed by atoms with Gasteiger partial charge in [0, 0.05) is 11.1 Å². The van der Waals surface area contributed by atoms with Crippen molar-refractivity contribution < 1.29 is 4.79 Å². The van der Waals surface area contributed by atoms with Crippen LogP contribution in [0.2, 0.25) is 0 Å². The van der Waals surface area contributed by atoms with Crippen LogP contribution < -0.4 is 10.6 Å². The number of nitrogens with one attached hydrogen (secondary N) is 2. The van der Waals surface area contributed by atoms with Gasteiger partial charge in [-0.25, -0.2) is 4.98 Å². The lowest BCUT2D eigenvalue weighted by Gasteiger charge is -2.07. The zero-order valence-corrected chi connectivity index (χ0v) is 16.4. The van der Waals surface area contributed by atoms with Crippen LogP contribution in [0.3, 0.4) is 0 Å². The smallest absolute Gasteiger partial charge is 0.277 e. The molecule has 130 valence electrons. The maximum Gasteiger partial charge on any atom is 0.277 e. The second-order valence-electron chi connectivity index (χ2n) is 5.24. The van der Waals surface area contributed by atoms with Crippen LogP contribution in [0.1, 0.15) is 28.5 Å². The Morgan fingerprint density at radius 1 is 1.24 bits per heavy atom. The van der Waals surface area contributed by atoms with Gasteiger partial charge in [0.25, 0.3) is 5.91 Å². The van der Waals surface area contributed by atoms with Gasteiger partial charge in [0.15, 0.2) is 9.47 Å². The maximum absolute atomic E-state index is 12.3. The minimum atomic E-state index is -0.283. The van der Waals surface area contributed by atoms with Crippen molar-refractivity contribution in [3.05, 3.63) is 40.4 Å². The Morgan fingerprint density at radius 2 is 2.08 bits per heavy atom. The zero-order valence-electron chi connectivity index (χ0n) is 14.0. The molecule has 3 rings (SSSR count). The Balaban J connectivity index is 1.66. The molecule has 0 atom stereocenters. The molecule has 1 amide bonds. The topological polar surface area (TPSA) is 79.8 Å². The number of rotatable bonds is 6. The average molecular weight is 392 g/mol. The van der Waals surface area contributed by atoms with Crippen molar-refractivity contribution in [2.24, 2.45) is 0 Å². The highest BCUT2D eigenvalue weighted by atomic mass is 32.2. The number of thiazole rings is 1. The molecular weight excluding hydrogens is 374 g/mol. The summed E-state index contributed by atoms with van der Waals surface area (Å²) in [4.78, 5) is 16.7. The Kier molecular flexibility index (Phi) is 5.67. The fraction of sp³-hybridized carbons (Fsp3) is 0.250. The SMILES string of the molecule is CCSc1nnc(NC(=O)c2csc(Nc3ccc(C)cc3C)n2)s1. The van der Waals surface area contributed by atoms with Gasteiger partial charge in [0.2, 0.25) is 5.13 Å². The first-order chi connectivity index (χ1) is 12.0. The van der Waals surface area contributed by atoms with E-state index < -0.39 is 0 Å². The minimum Gasteiger partial charge on any atom is -0.331 e. The molecule has 2 N–H and O–H groups in total. The van der Waals surface area contributed by atoms with Crippen LogP contribution in [-0.4, -0.2) is 26.8 Å². The Bertz CT molecular complexity index is 890. The molecule has 0 radical (unpaired) electrons. The molecule has 9 heteroatoms. The van der Waals surface area contributed by atoms with Gasteiger partial charge in [-0.05, 0) is 31.2 Å². The molecule has 0 aliphatic rings. The highest BCUT2D eigenvalue weighted by Gasteiger charge is 2.14. The number of carbonyl (C=O) groups excluding carboxylic acids is 1. The molecule has 0 bridgehead atoms. The van der Waals surface area contributed by atoms with E-state index in [4.69, 9.17) is 0 Å². The van der Waals surface area contributed by atoms with Crippen molar-refractivity contribution in [3.8, 4) is 0 Å². The summed E-state index contributed by atoms with van der Waals surface area (Å²) in [6, 6.07) is 6.16. The molecular formula is C16H17N5OS3. The van der Waals surface area contributed by atoms with E-state index >= 15 is 0 Å². The molecule has 0 unspecified atom stereocenters. The fourth-order valence-corrected chi connectivity index (χ4v) is 4.45. The molecule has 1 aromatic carbocycles. The van der Waals surface area contributed by atoms with Crippen molar-refractivity contribution >= 4 is 56.3 Å². The molecule has 0 aliphatic carbocycles. The number of nitrogens with zero attached hydrogens (tertiary/aromatic N) is 3. The first-order valence-electron chi connectivity index (χ1n) is 7.62. The lowest BCUT2D eigenvalue weighted by molar-refractivity contribution is 0.102. The second kappa shape index (κ2) is 7.94. The summed E-state index contributed by atoms with van der Waals surface area (Å²) in [5, 5.41) is 16.9. The number of hydrogen-bond acceptors (Lipinski definition) is 8. The fourth-order valence-electron chi connectivity index (χ4n) is 2.11. The highest BCUT2D eigenvalue weighted by Crippen LogP contribution is 2.27. The summed E-state index contributed by atoms with van der Waals surface area (Å²) in [5.41, 5.74) is 3.69. The molecule has 25 heavy (non-hydrogen) atoms. The van der Waals surface area contributed by atoms with E-state index in [1.165, 1.54) is 28.2 Å². The third-order valence-corrected chi connectivity index (χ3v) is 5.87. The molecule has 6 nitrogen and oxygen atoms in total. The van der Waals surface area contributed by atoms with Crippen LogP contribution in [0.5, 0.6) is 0 Å². The summed E-state index contributed by atoms with van der Waals surface area (Å²) in [6.07, 6.45) is 0. The number of benzene rings is 1. The number of aryl methyl sites for hydroxylation is 2. The standard InChI is InChI=1S/C16H17N5OS3/c1-4-23-16-21-20-15(25-16)19-13(22)12-8-24-14(18-12)17-11-6-5-9(2)7-10(11)3/h5-8H,4H2,1-3H3,(H,17,18)(H,19,20,22). The molecule has 2 aromatic heterocycles. The van der Waals surface area contributed by atoms with Gasteiger partial charge in [0.1, 0.15) is 5.69 Å². The molecule has 0 spiro atoms. The van der Waals surface area contributed by atoms with Crippen molar-refractivity contribution in [2.45, 2.75) is 25.1 Å². The lowest BCUT2D eigenvalue weighted by Crippen LogP contribution is -2.12. The van der Waals surface area contributed by atoms with E-state index in [1.807, 2.05) is 26.0 Å². The predicted molar refractivity (Wildman–Crippen MR) is 106 cm³/mol. The van der Waals surface area contributed by atoms with E-state index in [-0.39, 0.29) is 5.91 Å². The minimum absolute atomic E-state index is 0.283. The van der Waals surface area contributed by atoms with Gasteiger partial charge >= 0.3 is 0 Å². The van der Waals surface area contributed by atoms with Gasteiger partial charge in [-0.15, -0.1) is 21.5 Å². The second-order valence-corrected chi connectivity index (χ2v) is 8.59. The lowest BCUT2D eigenvalue weighted by atomic mass is 10.1. The Hall–Kier alpha value is -1.97. The van der Waals surface area contributed by atoms with Crippen LogP contribution in [0.25, 0.3) is 0 Å². The average Bonchev–Trinajstić information content (AvgIpc) is 3.20. The normalized spacial score (nSPS) is 10.7. The Morgan fingerprint density at radius 3 is 2.84 bits per heavy atom. The van der Waals surface area contributed by atoms with Crippen molar-refractivity contribution in [1.82, 2.24) is 15.2 Å². The van der Waals surface area contributed by atoms with Gasteiger partial charge < -0.3 is 5.32 Å².